The van der Waals surface area contributed by atoms with Crippen LogP contribution in [0.1, 0.15) is 82.6 Å². The number of thiophene rings is 1. The lowest BCUT2D eigenvalue weighted by Gasteiger charge is -2.33. The number of fused-ring (bicyclic) bond motifs is 2. The summed E-state index contributed by atoms with van der Waals surface area (Å²) >= 11 is 7.68. The summed E-state index contributed by atoms with van der Waals surface area (Å²) in [6.45, 7) is 9.36. The first kappa shape index (κ1) is 38.3. The monoisotopic (exact) mass is 802 g/mol. The molecule has 2 atom stereocenters. The third kappa shape index (κ3) is 7.62. The third-order valence-electron chi connectivity index (χ3n) is 11.1. The molecule has 4 aliphatic rings. The number of rotatable bonds is 7. The van der Waals surface area contributed by atoms with Crippen LogP contribution >= 0.6 is 22.9 Å². The zero-order valence-corrected chi connectivity index (χ0v) is 33.6. The van der Waals surface area contributed by atoms with Gasteiger partial charge in [0.15, 0.2) is 0 Å². The first-order valence-corrected chi connectivity index (χ1v) is 20.4. The highest BCUT2D eigenvalue weighted by atomic mass is 35.5. The Morgan fingerprint density at radius 3 is 2.58 bits per heavy atom. The lowest BCUT2D eigenvalue weighted by Crippen LogP contribution is -2.52. The number of anilines is 2. The van der Waals surface area contributed by atoms with Crippen molar-refractivity contribution in [1.29, 1.82) is 10.8 Å². The Bertz CT molecular complexity index is 2400. The number of nitrogens with zero attached hydrogens (tertiary/aromatic N) is 6. The van der Waals surface area contributed by atoms with Gasteiger partial charge in [-0.2, -0.15) is 5.10 Å². The third-order valence-corrected chi connectivity index (χ3v) is 12.6. The SMILES string of the molecule is CC(=N)N1C(=N)[C@H](C)N=C(c2ccc(Cl)cc2)c2c1sc(C#Cc1cnn(CCN3CCC(Nc4cccc5c4CN(C4CCC(=O)NC4=O)C5=O)CC3)c1)c2C. The minimum absolute atomic E-state index is 0.164. The number of carbonyl (C=O) groups excluding carboxylic acids is 3. The summed E-state index contributed by atoms with van der Waals surface area (Å²) in [5.74, 6) is 6.30. The molecule has 8 rings (SSSR count). The van der Waals surface area contributed by atoms with Crippen LogP contribution in [-0.2, 0) is 22.7 Å². The summed E-state index contributed by atoms with van der Waals surface area (Å²) in [5.41, 5.74) is 6.74. The standard InChI is InChI=1S/C42H43ClN10O3S/c1-24-35(57-42-37(24)38(28-8-10-29(43)11-9-28)47-25(2)39(45)53(42)26(3)44)13-7-27-21-46-51(22-27)20-19-50-17-15-30(16-18-50)48-33-6-4-5-31-32(33)23-52(41(31)56)34-12-14-36(54)49-40(34)55/h4-6,8-11,21-22,25,30,34,44-45,48H,12,14-20,23H2,1-3H3,(H,49,54,55)/t25-,34?/m0/s1. The molecule has 6 heterocycles. The van der Waals surface area contributed by atoms with E-state index in [-0.39, 0.29) is 35.9 Å². The van der Waals surface area contributed by atoms with Gasteiger partial charge >= 0.3 is 0 Å². The molecule has 0 radical (unpaired) electrons. The van der Waals surface area contributed by atoms with Gasteiger partial charge in [0.25, 0.3) is 5.91 Å². The molecule has 0 bridgehead atoms. The molecule has 57 heavy (non-hydrogen) atoms. The predicted octanol–water partition coefficient (Wildman–Crippen LogP) is 5.66. The van der Waals surface area contributed by atoms with Gasteiger partial charge in [0, 0.05) is 77.8 Å². The van der Waals surface area contributed by atoms with Gasteiger partial charge in [-0.05, 0) is 69.9 Å². The fraction of sp³-hybridized carbons (Fsp3) is 0.357. The number of amides is 3. The number of piperidine rings is 2. The quantitative estimate of drug-likeness (QED) is 0.0811. The lowest BCUT2D eigenvalue weighted by molar-refractivity contribution is -0.136. The molecule has 3 amide bonds. The van der Waals surface area contributed by atoms with E-state index in [1.165, 1.54) is 11.3 Å². The van der Waals surface area contributed by atoms with E-state index in [9.17, 15) is 14.4 Å². The number of carbonyl (C=O) groups is 3. The molecule has 2 fully saturated rings. The second kappa shape index (κ2) is 15.7. The molecule has 1 unspecified atom stereocenters. The summed E-state index contributed by atoms with van der Waals surface area (Å²) < 4.78 is 1.93. The van der Waals surface area contributed by atoms with Gasteiger partial charge in [-0.1, -0.05) is 41.6 Å². The number of halogens is 1. The van der Waals surface area contributed by atoms with Crippen molar-refractivity contribution < 1.29 is 14.4 Å². The zero-order chi connectivity index (χ0) is 40.0. The van der Waals surface area contributed by atoms with Crippen LogP contribution in [0.2, 0.25) is 5.02 Å². The van der Waals surface area contributed by atoms with Crippen molar-refractivity contribution >= 4 is 68.7 Å². The second-order valence-corrected chi connectivity index (χ2v) is 16.4. The van der Waals surface area contributed by atoms with Gasteiger partial charge in [-0.3, -0.25) is 45.1 Å². The van der Waals surface area contributed by atoms with E-state index in [4.69, 9.17) is 27.4 Å². The second-order valence-electron chi connectivity index (χ2n) is 14.9. The highest BCUT2D eigenvalue weighted by molar-refractivity contribution is 7.17. The number of aliphatic imine (C=N–C) groups is 1. The Kier molecular flexibility index (Phi) is 10.6. The molecule has 2 aromatic heterocycles. The van der Waals surface area contributed by atoms with Crippen molar-refractivity contribution in [3.05, 3.63) is 98.1 Å². The average molecular weight is 803 g/mol. The normalized spacial score (nSPS) is 20.0. The van der Waals surface area contributed by atoms with Crippen molar-refractivity contribution in [2.24, 2.45) is 4.99 Å². The number of hydrogen-bond donors (Lipinski definition) is 4. The minimum atomic E-state index is -0.632. The Morgan fingerprint density at radius 1 is 1.07 bits per heavy atom. The molecular weight excluding hydrogens is 760 g/mol. The number of imide groups is 1. The minimum Gasteiger partial charge on any atom is -0.382 e. The zero-order valence-electron chi connectivity index (χ0n) is 32.0. The van der Waals surface area contributed by atoms with Crippen LogP contribution in [-0.4, -0.2) is 92.4 Å². The first-order valence-electron chi connectivity index (χ1n) is 19.2. The molecule has 2 aromatic carbocycles. The smallest absolute Gasteiger partial charge is 0.255 e. The van der Waals surface area contributed by atoms with E-state index < -0.39 is 18.0 Å². The van der Waals surface area contributed by atoms with Crippen LogP contribution in [0.25, 0.3) is 0 Å². The fourth-order valence-corrected chi connectivity index (χ4v) is 9.35. The number of likely N-dealkylation sites (tertiary alicyclic amines) is 1. The van der Waals surface area contributed by atoms with Crippen LogP contribution in [0.5, 0.6) is 0 Å². The molecule has 2 saturated heterocycles. The molecule has 0 spiro atoms. The van der Waals surface area contributed by atoms with Crippen molar-refractivity contribution in [2.75, 3.05) is 29.9 Å². The average Bonchev–Trinajstić information content (AvgIpc) is 3.86. The van der Waals surface area contributed by atoms with Crippen molar-refractivity contribution in [1.82, 2.24) is 24.9 Å². The number of benzene rings is 2. The Hall–Kier alpha value is -5.62. The molecule has 4 aliphatic heterocycles. The molecule has 4 N–H and O–H groups in total. The Morgan fingerprint density at radius 2 is 1.84 bits per heavy atom. The summed E-state index contributed by atoms with van der Waals surface area (Å²) in [7, 11) is 0. The van der Waals surface area contributed by atoms with Crippen molar-refractivity contribution in [2.45, 2.75) is 77.7 Å². The summed E-state index contributed by atoms with van der Waals surface area (Å²) in [6.07, 6.45) is 6.23. The van der Waals surface area contributed by atoms with Crippen LogP contribution in [0.15, 0.2) is 59.9 Å². The lowest BCUT2D eigenvalue weighted by atomic mass is 9.99. The van der Waals surface area contributed by atoms with E-state index in [0.29, 0.717) is 23.6 Å². The van der Waals surface area contributed by atoms with Gasteiger partial charge in [0.05, 0.1) is 28.9 Å². The molecular formula is C42H43ClN10O3S. The van der Waals surface area contributed by atoms with Crippen LogP contribution in [0.4, 0.5) is 10.7 Å². The van der Waals surface area contributed by atoms with Gasteiger partial charge in [-0.25, -0.2) is 0 Å². The number of amidine groups is 2. The van der Waals surface area contributed by atoms with E-state index in [2.05, 4.69) is 32.5 Å². The highest BCUT2D eigenvalue weighted by Gasteiger charge is 2.40. The maximum Gasteiger partial charge on any atom is 0.255 e. The number of aromatic nitrogens is 2. The molecule has 4 aromatic rings. The van der Waals surface area contributed by atoms with E-state index in [1.807, 2.05) is 67.2 Å². The topological polar surface area (TPSA) is 163 Å². The Balaban J connectivity index is 0.890. The van der Waals surface area contributed by atoms with E-state index >= 15 is 0 Å². The van der Waals surface area contributed by atoms with Gasteiger partial charge in [0.2, 0.25) is 11.8 Å². The molecule has 15 heteroatoms. The van der Waals surface area contributed by atoms with Crippen LogP contribution in [0, 0.1) is 29.6 Å². The first-order chi connectivity index (χ1) is 27.4. The largest absolute Gasteiger partial charge is 0.382 e. The van der Waals surface area contributed by atoms with Crippen LogP contribution in [0.3, 0.4) is 0 Å². The number of hydrogen-bond acceptors (Lipinski definition) is 10. The fourth-order valence-electron chi connectivity index (χ4n) is 7.99. The summed E-state index contributed by atoms with van der Waals surface area (Å²) in [6, 6.07) is 12.4. The van der Waals surface area contributed by atoms with Gasteiger partial charge < -0.3 is 15.1 Å². The van der Waals surface area contributed by atoms with E-state index in [0.717, 1.165) is 88.1 Å². The molecule has 0 saturated carbocycles. The number of nitrogens with one attached hydrogen (secondary N) is 4. The maximum absolute atomic E-state index is 13.3. The van der Waals surface area contributed by atoms with Crippen molar-refractivity contribution in [3.8, 4) is 11.8 Å². The predicted molar refractivity (Wildman–Crippen MR) is 223 cm³/mol. The van der Waals surface area contributed by atoms with Crippen molar-refractivity contribution in [3.63, 3.8) is 0 Å². The van der Waals surface area contributed by atoms with Crippen LogP contribution < -0.4 is 15.5 Å². The van der Waals surface area contributed by atoms with E-state index in [1.54, 1.807) is 22.9 Å². The molecule has 0 aliphatic carbocycles. The molecule has 292 valence electrons. The summed E-state index contributed by atoms with van der Waals surface area (Å²) in [4.78, 5) is 49.0. The summed E-state index contributed by atoms with van der Waals surface area (Å²) in [5, 5.41) is 29.5. The Labute approximate surface area is 340 Å². The van der Waals surface area contributed by atoms with Gasteiger partial charge in [0.1, 0.15) is 28.8 Å². The molecule has 13 nitrogen and oxygen atoms in total. The maximum atomic E-state index is 13.3. The van der Waals surface area contributed by atoms with Gasteiger partial charge in [-0.15, -0.1) is 11.3 Å². The highest BCUT2D eigenvalue weighted by Crippen LogP contribution is 2.40.